The number of hydrogen-bond donors (Lipinski definition) is 0. The predicted octanol–water partition coefficient (Wildman–Crippen LogP) is 4.49. The van der Waals surface area contributed by atoms with E-state index in [-0.39, 0.29) is 12.4 Å². The van der Waals surface area contributed by atoms with Gasteiger partial charge >= 0.3 is 5.97 Å². The van der Waals surface area contributed by atoms with Crippen LogP contribution in [0.5, 0.6) is 5.75 Å². The van der Waals surface area contributed by atoms with Gasteiger partial charge in [0.2, 0.25) is 0 Å². The van der Waals surface area contributed by atoms with Gasteiger partial charge in [0, 0.05) is 5.39 Å². The summed E-state index contributed by atoms with van der Waals surface area (Å²) >= 11 is 3.47. The van der Waals surface area contributed by atoms with Crippen LogP contribution in [0.1, 0.15) is 11.3 Å². The van der Waals surface area contributed by atoms with E-state index >= 15 is 0 Å². The van der Waals surface area contributed by atoms with Gasteiger partial charge in [0.05, 0.1) is 18.0 Å². The average molecular weight is 375 g/mol. The predicted molar refractivity (Wildman–Crippen MR) is 90.4 cm³/mol. The highest BCUT2D eigenvalue weighted by molar-refractivity contribution is 9.10. The lowest BCUT2D eigenvalue weighted by molar-refractivity contribution is -0.139. The van der Waals surface area contributed by atoms with E-state index < -0.39 is 0 Å². The summed E-state index contributed by atoms with van der Waals surface area (Å²) in [6.07, 6.45) is 0.227. The molecule has 2 aromatic carbocycles. The molecule has 0 atom stereocenters. The Balaban J connectivity index is 1.71. The fourth-order valence-corrected chi connectivity index (χ4v) is 2.75. The normalized spacial score (nSPS) is 10.7. The molecule has 0 spiro atoms. The Morgan fingerprint density at radius 2 is 2.00 bits per heavy atom. The van der Waals surface area contributed by atoms with E-state index in [0.717, 1.165) is 26.8 Å². The fraction of sp³-hybridized carbons (Fsp3) is 0.167. The number of halogens is 1. The Morgan fingerprint density at radius 3 is 2.78 bits per heavy atom. The smallest absolute Gasteiger partial charge is 0.309 e. The van der Waals surface area contributed by atoms with Crippen LogP contribution in [0.15, 0.2) is 57.4 Å². The van der Waals surface area contributed by atoms with Gasteiger partial charge in [-0.05, 0) is 45.8 Å². The minimum absolute atomic E-state index is 0.227. The zero-order valence-electron chi connectivity index (χ0n) is 12.5. The van der Waals surface area contributed by atoms with Crippen LogP contribution < -0.4 is 4.74 Å². The van der Waals surface area contributed by atoms with Crippen LogP contribution in [-0.2, 0) is 22.6 Å². The number of carbonyl (C=O) groups is 1. The maximum absolute atomic E-state index is 11.3. The Hall–Kier alpha value is -2.27. The van der Waals surface area contributed by atoms with Crippen molar-refractivity contribution in [2.45, 2.75) is 13.0 Å². The second kappa shape index (κ2) is 6.87. The minimum atomic E-state index is -0.274. The van der Waals surface area contributed by atoms with E-state index in [1.165, 1.54) is 7.11 Å². The molecule has 118 valence electrons. The molecular weight excluding hydrogens is 360 g/mol. The summed E-state index contributed by atoms with van der Waals surface area (Å²) < 4.78 is 17.1. The second-order valence-corrected chi connectivity index (χ2v) is 5.91. The van der Waals surface area contributed by atoms with Gasteiger partial charge in [-0.15, -0.1) is 0 Å². The Labute approximate surface area is 142 Å². The van der Waals surface area contributed by atoms with Gasteiger partial charge in [0.15, 0.2) is 0 Å². The number of carbonyl (C=O) groups excluding carboxylic acids is 1. The number of furan rings is 1. The average Bonchev–Trinajstić information content (AvgIpc) is 2.98. The molecule has 23 heavy (non-hydrogen) atoms. The fourth-order valence-electron chi connectivity index (χ4n) is 2.29. The summed E-state index contributed by atoms with van der Waals surface area (Å²) in [6, 6.07) is 15.2. The molecule has 0 radical (unpaired) electrons. The first-order chi connectivity index (χ1) is 11.2. The Bertz CT molecular complexity index is 838. The van der Waals surface area contributed by atoms with E-state index in [2.05, 4.69) is 20.7 Å². The number of rotatable bonds is 5. The maximum Gasteiger partial charge on any atom is 0.309 e. The molecule has 4 nitrogen and oxygen atoms in total. The molecule has 5 heteroatoms. The molecule has 0 N–H and O–H groups in total. The lowest BCUT2D eigenvalue weighted by Gasteiger charge is -2.06. The van der Waals surface area contributed by atoms with Gasteiger partial charge in [0.25, 0.3) is 0 Å². The van der Waals surface area contributed by atoms with Crippen LogP contribution >= 0.6 is 15.9 Å². The molecule has 1 heterocycles. The molecule has 0 aliphatic heterocycles. The number of fused-ring (bicyclic) bond motifs is 1. The van der Waals surface area contributed by atoms with Gasteiger partial charge in [-0.25, -0.2) is 0 Å². The Kier molecular flexibility index (Phi) is 4.67. The molecule has 0 aliphatic carbocycles. The lowest BCUT2D eigenvalue weighted by Crippen LogP contribution is -2.04. The van der Waals surface area contributed by atoms with E-state index in [1.54, 1.807) is 0 Å². The number of ether oxygens (including phenoxy) is 2. The summed E-state index contributed by atoms with van der Waals surface area (Å²) in [5, 5.41) is 1.03. The number of benzene rings is 2. The number of para-hydroxylation sites is 1. The van der Waals surface area contributed by atoms with E-state index in [9.17, 15) is 4.79 Å². The minimum Gasteiger partial charge on any atom is -0.486 e. The summed E-state index contributed by atoms with van der Waals surface area (Å²) in [7, 11) is 1.38. The molecule has 0 unspecified atom stereocenters. The molecule has 0 fully saturated rings. The van der Waals surface area contributed by atoms with Crippen LogP contribution in [0.4, 0.5) is 0 Å². The third kappa shape index (κ3) is 3.74. The molecule has 3 rings (SSSR count). The van der Waals surface area contributed by atoms with Crippen molar-refractivity contribution < 1.29 is 18.7 Å². The topological polar surface area (TPSA) is 48.7 Å². The summed E-state index contributed by atoms with van der Waals surface area (Å²) in [5.41, 5.74) is 1.66. The van der Waals surface area contributed by atoms with Crippen LogP contribution in [-0.4, -0.2) is 13.1 Å². The monoisotopic (exact) mass is 374 g/mol. The second-order valence-electron chi connectivity index (χ2n) is 5.06. The van der Waals surface area contributed by atoms with Crippen molar-refractivity contribution in [1.82, 2.24) is 0 Å². The van der Waals surface area contributed by atoms with Crippen LogP contribution in [0.3, 0.4) is 0 Å². The van der Waals surface area contributed by atoms with Gasteiger partial charge < -0.3 is 13.9 Å². The first-order valence-corrected chi connectivity index (χ1v) is 7.90. The molecular formula is C18H15BrO4. The SMILES string of the molecule is COC(=O)Cc1cccc(OCc2cc3cccc(Br)c3o2)c1. The van der Waals surface area contributed by atoms with Crippen molar-refractivity contribution >= 4 is 32.9 Å². The highest BCUT2D eigenvalue weighted by Gasteiger charge is 2.08. The molecule has 0 amide bonds. The highest BCUT2D eigenvalue weighted by atomic mass is 79.9. The lowest BCUT2D eigenvalue weighted by atomic mass is 10.1. The molecule has 0 aliphatic rings. The van der Waals surface area contributed by atoms with Crippen molar-refractivity contribution in [3.05, 3.63) is 64.3 Å². The maximum atomic E-state index is 11.3. The van der Waals surface area contributed by atoms with E-state index in [0.29, 0.717) is 12.4 Å². The van der Waals surface area contributed by atoms with Gasteiger partial charge in [-0.1, -0.05) is 24.3 Å². The van der Waals surface area contributed by atoms with Crippen molar-refractivity contribution in [3.8, 4) is 5.75 Å². The van der Waals surface area contributed by atoms with Gasteiger partial charge in [0.1, 0.15) is 23.7 Å². The number of methoxy groups -OCH3 is 1. The van der Waals surface area contributed by atoms with E-state index in [1.807, 2.05) is 48.5 Å². The van der Waals surface area contributed by atoms with Crippen LogP contribution in [0, 0.1) is 0 Å². The van der Waals surface area contributed by atoms with Gasteiger partial charge in [-0.3, -0.25) is 4.79 Å². The van der Waals surface area contributed by atoms with Crippen molar-refractivity contribution in [1.29, 1.82) is 0 Å². The molecule has 0 bridgehead atoms. The van der Waals surface area contributed by atoms with Crippen LogP contribution in [0.25, 0.3) is 11.0 Å². The number of hydrogen-bond acceptors (Lipinski definition) is 4. The first kappa shape index (κ1) is 15.6. The molecule has 0 saturated heterocycles. The van der Waals surface area contributed by atoms with Crippen molar-refractivity contribution in [2.75, 3.05) is 7.11 Å². The van der Waals surface area contributed by atoms with E-state index in [4.69, 9.17) is 9.15 Å². The van der Waals surface area contributed by atoms with Crippen molar-refractivity contribution in [2.24, 2.45) is 0 Å². The molecule has 0 saturated carbocycles. The Morgan fingerprint density at radius 1 is 1.17 bits per heavy atom. The quantitative estimate of drug-likeness (QED) is 0.617. The van der Waals surface area contributed by atoms with Crippen LogP contribution in [0.2, 0.25) is 0 Å². The van der Waals surface area contributed by atoms with Gasteiger partial charge in [-0.2, -0.15) is 0 Å². The molecule has 3 aromatic rings. The largest absolute Gasteiger partial charge is 0.486 e. The summed E-state index contributed by atoms with van der Waals surface area (Å²) in [6.45, 7) is 0.322. The molecule has 1 aromatic heterocycles. The zero-order valence-corrected chi connectivity index (χ0v) is 14.1. The number of esters is 1. The third-order valence-electron chi connectivity index (χ3n) is 3.40. The zero-order chi connectivity index (χ0) is 16.2. The summed E-state index contributed by atoms with van der Waals surface area (Å²) in [4.78, 5) is 11.3. The third-order valence-corrected chi connectivity index (χ3v) is 4.03. The standard InChI is InChI=1S/C18H15BrO4/c1-21-17(20)9-12-4-2-6-14(8-12)22-11-15-10-13-5-3-7-16(19)18(13)23-15/h2-8,10H,9,11H2,1H3. The highest BCUT2D eigenvalue weighted by Crippen LogP contribution is 2.27. The first-order valence-electron chi connectivity index (χ1n) is 7.11. The van der Waals surface area contributed by atoms with Crippen molar-refractivity contribution in [3.63, 3.8) is 0 Å². The summed E-state index contributed by atoms with van der Waals surface area (Å²) in [5.74, 6) is 1.15.